The van der Waals surface area contributed by atoms with Crippen LogP contribution in [0, 0.1) is 5.82 Å². The number of aryl methyl sites for hydroxylation is 1. The molecule has 0 spiro atoms. The number of amides is 1. The smallest absolute Gasteiger partial charge is 0.224 e. The molecule has 0 fully saturated rings. The number of nitrogens with two attached hydrogens (primary N) is 1. The molecule has 0 saturated carbocycles. The highest BCUT2D eigenvalue weighted by Gasteiger charge is 2.17. The van der Waals surface area contributed by atoms with Crippen molar-refractivity contribution in [2.24, 2.45) is 0 Å². The molecule has 0 saturated heterocycles. The van der Waals surface area contributed by atoms with Gasteiger partial charge in [0, 0.05) is 18.2 Å². The summed E-state index contributed by atoms with van der Waals surface area (Å²) in [5.41, 5.74) is 7.98. The number of halogens is 2. The topological polar surface area (TPSA) is 64.3 Å². The van der Waals surface area contributed by atoms with Gasteiger partial charge in [0.25, 0.3) is 0 Å². The number of nitrogen functional groups attached to an aromatic ring is 1. The highest BCUT2D eigenvalue weighted by atomic mass is 79.9. The first-order valence-electron chi connectivity index (χ1n) is 6.38. The second-order valence-electron chi connectivity index (χ2n) is 4.77. The van der Waals surface area contributed by atoms with E-state index in [-0.39, 0.29) is 5.91 Å². The van der Waals surface area contributed by atoms with Crippen molar-refractivity contribution in [3.05, 3.63) is 46.2 Å². The lowest BCUT2D eigenvalue weighted by Gasteiger charge is -2.19. The van der Waals surface area contributed by atoms with Crippen LogP contribution >= 0.6 is 15.9 Å². The minimum Gasteiger partial charge on any atom is -0.455 e. The third kappa shape index (κ3) is 2.85. The zero-order valence-corrected chi connectivity index (χ0v) is 12.5. The van der Waals surface area contributed by atoms with Gasteiger partial charge in [0.1, 0.15) is 11.6 Å². The number of carbonyl (C=O) groups is 1. The zero-order chi connectivity index (χ0) is 15.0. The van der Waals surface area contributed by atoms with Gasteiger partial charge in [0.15, 0.2) is 5.75 Å². The first-order chi connectivity index (χ1) is 10.0. The van der Waals surface area contributed by atoms with E-state index in [1.54, 1.807) is 24.3 Å². The van der Waals surface area contributed by atoms with Crippen molar-refractivity contribution < 1.29 is 13.9 Å². The van der Waals surface area contributed by atoms with Crippen molar-refractivity contribution >= 4 is 33.2 Å². The maximum Gasteiger partial charge on any atom is 0.224 e. The molecule has 4 nitrogen and oxygen atoms in total. The van der Waals surface area contributed by atoms with Crippen LogP contribution in [-0.4, -0.2) is 5.91 Å². The Balaban J connectivity index is 1.92. The lowest BCUT2D eigenvalue weighted by Crippen LogP contribution is -2.19. The van der Waals surface area contributed by atoms with E-state index >= 15 is 0 Å². The Morgan fingerprint density at radius 2 is 2.05 bits per heavy atom. The Hall–Kier alpha value is -2.08. The average Bonchev–Trinajstić information content (AvgIpc) is 2.44. The number of anilines is 2. The summed E-state index contributed by atoms with van der Waals surface area (Å²) < 4.78 is 19.5. The summed E-state index contributed by atoms with van der Waals surface area (Å²) in [6.45, 7) is 0. The average molecular weight is 351 g/mol. The van der Waals surface area contributed by atoms with Crippen molar-refractivity contribution in [1.82, 2.24) is 0 Å². The van der Waals surface area contributed by atoms with Crippen LogP contribution in [0.2, 0.25) is 0 Å². The first-order valence-corrected chi connectivity index (χ1v) is 7.17. The number of rotatable bonds is 2. The van der Waals surface area contributed by atoms with Crippen LogP contribution in [0.3, 0.4) is 0 Å². The number of benzene rings is 2. The molecule has 0 aromatic heterocycles. The van der Waals surface area contributed by atoms with E-state index in [4.69, 9.17) is 10.5 Å². The van der Waals surface area contributed by atoms with Crippen LogP contribution in [0.15, 0.2) is 34.8 Å². The van der Waals surface area contributed by atoms with E-state index in [9.17, 15) is 9.18 Å². The van der Waals surface area contributed by atoms with E-state index in [1.165, 1.54) is 6.07 Å². The molecule has 0 unspecified atom stereocenters. The third-order valence-corrected chi connectivity index (χ3v) is 3.89. The van der Waals surface area contributed by atoms with Gasteiger partial charge in [0.05, 0.1) is 10.2 Å². The van der Waals surface area contributed by atoms with Crippen LogP contribution in [0.5, 0.6) is 11.5 Å². The monoisotopic (exact) mass is 350 g/mol. The predicted molar refractivity (Wildman–Crippen MR) is 82.0 cm³/mol. The lowest BCUT2D eigenvalue weighted by atomic mass is 10.0. The van der Waals surface area contributed by atoms with Crippen LogP contribution in [-0.2, 0) is 11.2 Å². The summed E-state index contributed by atoms with van der Waals surface area (Å²) in [6.07, 6.45) is 1.07. The molecule has 21 heavy (non-hydrogen) atoms. The molecule has 1 aliphatic rings. The van der Waals surface area contributed by atoms with Crippen molar-refractivity contribution in [3.8, 4) is 11.5 Å². The van der Waals surface area contributed by atoms with Gasteiger partial charge in [-0.3, -0.25) is 4.79 Å². The van der Waals surface area contributed by atoms with Gasteiger partial charge in [0.2, 0.25) is 5.91 Å². The van der Waals surface area contributed by atoms with Gasteiger partial charge < -0.3 is 15.8 Å². The Morgan fingerprint density at radius 3 is 2.81 bits per heavy atom. The maximum atomic E-state index is 13.5. The van der Waals surface area contributed by atoms with E-state index < -0.39 is 5.82 Å². The number of ether oxygens (including phenoxy) is 1. The summed E-state index contributed by atoms with van der Waals surface area (Å²) >= 11 is 3.09. The summed E-state index contributed by atoms with van der Waals surface area (Å²) in [7, 11) is 0. The van der Waals surface area contributed by atoms with Crippen LogP contribution in [0.1, 0.15) is 12.0 Å². The fourth-order valence-corrected chi connectivity index (χ4v) is 2.43. The molecule has 6 heteroatoms. The van der Waals surface area contributed by atoms with Gasteiger partial charge in [-0.2, -0.15) is 0 Å². The van der Waals surface area contributed by atoms with Crippen molar-refractivity contribution in [3.63, 3.8) is 0 Å². The Kier molecular flexibility index (Phi) is 3.55. The third-order valence-electron chi connectivity index (χ3n) is 3.25. The number of carbonyl (C=O) groups excluding carboxylic acids is 1. The van der Waals surface area contributed by atoms with Gasteiger partial charge in [-0.25, -0.2) is 4.39 Å². The number of nitrogens with one attached hydrogen (secondary N) is 1. The second kappa shape index (κ2) is 5.37. The summed E-state index contributed by atoms with van der Waals surface area (Å²) in [5, 5.41) is 2.77. The van der Waals surface area contributed by atoms with Gasteiger partial charge in [-0.15, -0.1) is 0 Å². The van der Waals surface area contributed by atoms with Crippen LogP contribution < -0.4 is 15.8 Å². The summed E-state index contributed by atoms with van der Waals surface area (Å²) in [4.78, 5) is 11.4. The summed E-state index contributed by atoms with van der Waals surface area (Å²) in [5.74, 6) is 0.385. The maximum absolute atomic E-state index is 13.5. The van der Waals surface area contributed by atoms with Crippen LogP contribution in [0.25, 0.3) is 0 Å². The second-order valence-corrected chi connectivity index (χ2v) is 5.63. The van der Waals surface area contributed by atoms with Gasteiger partial charge in [-0.1, -0.05) is 0 Å². The predicted octanol–water partition coefficient (Wildman–Crippen LogP) is 3.85. The lowest BCUT2D eigenvalue weighted by molar-refractivity contribution is -0.116. The quantitative estimate of drug-likeness (QED) is 0.808. The highest BCUT2D eigenvalue weighted by molar-refractivity contribution is 9.10. The normalized spacial score (nSPS) is 13.5. The highest BCUT2D eigenvalue weighted by Crippen LogP contribution is 2.35. The molecular formula is C15H12BrFN2O2. The van der Waals surface area contributed by atoms with Crippen molar-refractivity contribution in [1.29, 1.82) is 0 Å². The Bertz CT molecular complexity index is 734. The molecule has 1 heterocycles. The molecule has 0 aliphatic carbocycles. The molecule has 108 valence electrons. The number of hydrogen-bond acceptors (Lipinski definition) is 3. The van der Waals surface area contributed by atoms with Gasteiger partial charge >= 0.3 is 0 Å². The minimum atomic E-state index is -0.406. The molecule has 2 aromatic carbocycles. The molecule has 2 aromatic rings. The van der Waals surface area contributed by atoms with Crippen LogP contribution in [0.4, 0.5) is 15.8 Å². The SMILES string of the molecule is Nc1cc2c(cc1Oc1ccc(Br)c(F)c1)CCC(=O)N2. The first kappa shape index (κ1) is 13.9. The molecular weight excluding hydrogens is 339 g/mol. The van der Waals surface area contributed by atoms with E-state index in [0.717, 1.165) is 5.56 Å². The number of hydrogen-bond donors (Lipinski definition) is 2. The van der Waals surface area contributed by atoms with E-state index in [2.05, 4.69) is 21.2 Å². The molecule has 0 bridgehead atoms. The molecule has 0 atom stereocenters. The summed E-state index contributed by atoms with van der Waals surface area (Å²) in [6, 6.07) is 7.94. The standard InChI is InChI=1S/C15H12BrFN2O2/c16-10-3-2-9(6-11(10)17)21-14-5-8-1-4-15(20)19-13(8)7-12(14)18/h2-3,5-7H,1,4,18H2,(H,19,20). The molecule has 3 N–H and O–H groups in total. The van der Waals surface area contributed by atoms with Gasteiger partial charge in [-0.05, 0) is 52.2 Å². The molecule has 1 aliphatic heterocycles. The van der Waals surface area contributed by atoms with E-state index in [0.29, 0.717) is 40.2 Å². The largest absolute Gasteiger partial charge is 0.455 e. The molecule has 0 radical (unpaired) electrons. The van der Waals surface area contributed by atoms with E-state index in [1.807, 2.05) is 0 Å². The fraction of sp³-hybridized carbons (Fsp3) is 0.133. The minimum absolute atomic E-state index is 0.0226. The van der Waals surface area contributed by atoms with Crippen molar-refractivity contribution in [2.75, 3.05) is 11.1 Å². The molecule has 3 rings (SSSR count). The number of fused-ring (bicyclic) bond motifs is 1. The Morgan fingerprint density at radius 1 is 1.24 bits per heavy atom. The fourth-order valence-electron chi connectivity index (χ4n) is 2.18. The zero-order valence-electron chi connectivity index (χ0n) is 11.0. The Labute approximate surface area is 129 Å². The molecule has 1 amide bonds. The van der Waals surface area contributed by atoms with Crippen molar-refractivity contribution in [2.45, 2.75) is 12.8 Å².